The standard InChI is InChI=1S/C8H7F3OS2/c9-8(10,11)14-5-13-7-3-1-6(12)2-4-7/h1-4,12H,5H2. The van der Waals surface area contributed by atoms with E-state index in [-0.39, 0.29) is 22.6 Å². The Morgan fingerprint density at radius 3 is 2.21 bits per heavy atom. The Hall–Kier alpha value is -0.490. The molecular formula is C8H7F3OS2. The molecule has 0 aliphatic rings. The molecule has 1 aromatic rings. The third-order valence-electron chi connectivity index (χ3n) is 1.28. The maximum absolute atomic E-state index is 11.7. The minimum Gasteiger partial charge on any atom is -0.508 e. The van der Waals surface area contributed by atoms with Crippen molar-refractivity contribution in [2.24, 2.45) is 0 Å². The highest BCUT2D eigenvalue weighted by atomic mass is 32.2. The summed E-state index contributed by atoms with van der Waals surface area (Å²) in [5.41, 5.74) is -4.18. The van der Waals surface area contributed by atoms with Gasteiger partial charge in [-0.05, 0) is 36.0 Å². The van der Waals surface area contributed by atoms with Crippen LogP contribution in [-0.4, -0.2) is 15.7 Å². The molecule has 0 radical (unpaired) electrons. The van der Waals surface area contributed by atoms with Crippen molar-refractivity contribution in [3.63, 3.8) is 0 Å². The summed E-state index contributed by atoms with van der Waals surface area (Å²) in [4.78, 5) is 0.708. The average Bonchev–Trinajstić information content (AvgIpc) is 2.06. The van der Waals surface area contributed by atoms with Crippen molar-refractivity contribution in [3.8, 4) is 5.75 Å². The van der Waals surface area contributed by atoms with Crippen molar-refractivity contribution in [2.45, 2.75) is 10.4 Å². The topological polar surface area (TPSA) is 20.2 Å². The summed E-state index contributed by atoms with van der Waals surface area (Å²) < 4.78 is 35.2. The number of halogens is 3. The van der Waals surface area contributed by atoms with Crippen LogP contribution in [0.3, 0.4) is 0 Å². The van der Waals surface area contributed by atoms with Gasteiger partial charge in [0.25, 0.3) is 0 Å². The van der Waals surface area contributed by atoms with Crippen LogP contribution in [0.15, 0.2) is 29.2 Å². The third kappa shape index (κ3) is 4.66. The van der Waals surface area contributed by atoms with E-state index in [0.717, 1.165) is 11.8 Å². The molecule has 0 aromatic heterocycles. The van der Waals surface area contributed by atoms with Gasteiger partial charge in [0, 0.05) is 4.90 Å². The molecule has 0 heterocycles. The molecule has 14 heavy (non-hydrogen) atoms. The van der Waals surface area contributed by atoms with Gasteiger partial charge >= 0.3 is 5.51 Å². The monoisotopic (exact) mass is 240 g/mol. The Balaban J connectivity index is 2.35. The van der Waals surface area contributed by atoms with E-state index < -0.39 is 5.51 Å². The van der Waals surface area contributed by atoms with Gasteiger partial charge in [0.2, 0.25) is 0 Å². The van der Waals surface area contributed by atoms with Crippen molar-refractivity contribution in [1.29, 1.82) is 0 Å². The number of hydrogen-bond acceptors (Lipinski definition) is 3. The summed E-state index contributed by atoms with van der Waals surface area (Å²) in [7, 11) is 0. The first-order chi connectivity index (χ1) is 6.47. The van der Waals surface area contributed by atoms with Crippen LogP contribution in [0.5, 0.6) is 5.75 Å². The lowest BCUT2D eigenvalue weighted by molar-refractivity contribution is -0.0324. The van der Waals surface area contributed by atoms with E-state index in [1.807, 2.05) is 0 Å². The predicted molar refractivity (Wildman–Crippen MR) is 52.5 cm³/mol. The molecule has 1 rings (SSSR count). The van der Waals surface area contributed by atoms with Gasteiger partial charge in [-0.1, -0.05) is 0 Å². The van der Waals surface area contributed by atoms with Crippen LogP contribution in [-0.2, 0) is 0 Å². The molecule has 1 N–H and O–H groups in total. The zero-order valence-electron chi connectivity index (χ0n) is 6.91. The molecule has 0 amide bonds. The summed E-state index contributed by atoms with van der Waals surface area (Å²) >= 11 is 1.02. The average molecular weight is 240 g/mol. The number of benzene rings is 1. The normalized spacial score (nSPS) is 11.6. The molecule has 0 saturated carbocycles. The van der Waals surface area contributed by atoms with Crippen LogP contribution in [0.1, 0.15) is 0 Å². The molecule has 6 heteroatoms. The molecule has 0 aliphatic carbocycles. The lowest BCUT2D eigenvalue weighted by Gasteiger charge is -2.04. The summed E-state index contributed by atoms with van der Waals surface area (Å²) in [6.07, 6.45) is 0. The molecule has 0 aliphatic heterocycles. The fraction of sp³-hybridized carbons (Fsp3) is 0.250. The van der Waals surface area contributed by atoms with Gasteiger partial charge in [0.05, 0.1) is 5.08 Å². The lowest BCUT2D eigenvalue weighted by atomic mass is 10.3. The maximum Gasteiger partial charge on any atom is 0.442 e. The van der Waals surface area contributed by atoms with Crippen LogP contribution in [0, 0.1) is 0 Å². The first-order valence-electron chi connectivity index (χ1n) is 3.60. The molecule has 0 saturated heterocycles. The maximum atomic E-state index is 11.7. The smallest absolute Gasteiger partial charge is 0.442 e. The van der Waals surface area contributed by atoms with E-state index in [1.54, 1.807) is 12.1 Å². The van der Waals surface area contributed by atoms with Crippen molar-refractivity contribution in [2.75, 3.05) is 5.08 Å². The molecule has 0 spiro atoms. The van der Waals surface area contributed by atoms with Crippen LogP contribution in [0.2, 0.25) is 0 Å². The second-order valence-corrected chi connectivity index (χ2v) is 4.80. The van der Waals surface area contributed by atoms with Crippen LogP contribution >= 0.6 is 23.5 Å². The lowest BCUT2D eigenvalue weighted by Crippen LogP contribution is -1.99. The molecule has 1 aromatic carbocycles. The van der Waals surface area contributed by atoms with Crippen molar-refractivity contribution in [1.82, 2.24) is 0 Å². The number of phenols is 1. The highest BCUT2D eigenvalue weighted by Crippen LogP contribution is 2.35. The van der Waals surface area contributed by atoms with Crippen LogP contribution in [0.4, 0.5) is 13.2 Å². The summed E-state index contributed by atoms with van der Waals surface area (Å²) in [6.45, 7) is 0. The second-order valence-electron chi connectivity index (χ2n) is 2.35. The fourth-order valence-corrected chi connectivity index (χ4v) is 2.35. The Kier molecular flexibility index (Phi) is 4.00. The first kappa shape index (κ1) is 11.6. The van der Waals surface area contributed by atoms with Gasteiger partial charge in [-0.3, -0.25) is 0 Å². The summed E-state index contributed by atoms with van der Waals surface area (Å²) in [6, 6.07) is 6.05. The zero-order valence-corrected chi connectivity index (χ0v) is 8.55. The Labute approximate surface area is 87.7 Å². The van der Waals surface area contributed by atoms with Crippen LogP contribution < -0.4 is 0 Å². The highest BCUT2D eigenvalue weighted by molar-refractivity contribution is 8.16. The van der Waals surface area contributed by atoms with E-state index in [9.17, 15) is 13.2 Å². The molecule has 0 unspecified atom stereocenters. The first-order valence-corrected chi connectivity index (χ1v) is 5.57. The molecule has 0 atom stereocenters. The van der Waals surface area contributed by atoms with Gasteiger partial charge < -0.3 is 5.11 Å². The minimum absolute atomic E-state index is 0.0669. The number of phenolic OH excluding ortho intramolecular Hbond substituents is 1. The van der Waals surface area contributed by atoms with E-state index >= 15 is 0 Å². The largest absolute Gasteiger partial charge is 0.508 e. The number of thioether (sulfide) groups is 2. The van der Waals surface area contributed by atoms with Crippen molar-refractivity contribution in [3.05, 3.63) is 24.3 Å². The fourth-order valence-electron chi connectivity index (χ4n) is 0.707. The molecule has 1 nitrogen and oxygen atoms in total. The quantitative estimate of drug-likeness (QED) is 0.642. The van der Waals surface area contributed by atoms with Gasteiger partial charge in [-0.25, -0.2) is 0 Å². The highest BCUT2D eigenvalue weighted by Gasteiger charge is 2.27. The van der Waals surface area contributed by atoms with Gasteiger partial charge in [0.15, 0.2) is 0 Å². The molecule has 0 fully saturated rings. The van der Waals surface area contributed by atoms with E-state index in [4.69, 9.17) is 5.11 Å². The Bertz CT molecular complexity index is 284. The molecule has 0 bridgehead atoms. The Morgan fingerprint density at radius 2 is 1.71 bits per heavy atom. The Morgan fingerprint density at radius 1 is 1.14 bits per heavy atom. The summed E-state index contributed by atoms with van der Waals surface area (Å²) in [5, 5.41) is 8.84. The van der Waals surface area contributed by atoms with E-state index in [1.165, 1.54) is 12.1 Å². The number of alkyl halides is 3. The molecule has 78 valence electrons. The molecular weight excluding hydrogens is 233 g/mol. The van der Waals surface area contributed by atoms with Gasteiger partial charge in [0.1, 0.15) is 5.75 Å². The number of rotatable bonds is 3. The minimum atomic E-state index is -4.18. The van der Waals surface area contributed by atoms with E-state index in [2.05, 4.69) is 0 Å². The van der Waals surface area contributed by atoms with Crippen molar-refractivity contribution < 1.29 is 18.3 Å². The van der Waals surface area contributed by atoms with Crippen LogP contribution in [0.25, 0.3) is 0 Å². The second kappa shape index (κ2) is 4.84. The number of hydrogen-bond donors (Lipinski definition) is 1. The van der Waals surface area contributed by atoms with Gasteiger partial charge in [-0.2, -0.15) is 13.2 Å². The SMILES string of the molecule is Oc1ccc(SCSC(F)(F)F)cc1. The zero-order chi connectivity index (χ0) is 10.6. The third-order valence-corrected chi connectivity index (χ3v) is 3.16. The predicted octanol–water partition coefficient (Wildman–Crippen LogP) is 3.69. The van der Waals surface area contributed by atoms with Crippen molar-refractivity contribution >= 4 is 23.5 Å². The van der Waals surface area contributed by atoms with E-state index in [0.29, 0.717) is 4.90 Å². The van der Waals surface area contributed by atoms with Gasteiger partial charge in [-0.15, -0.1) is 11.8 Å². The summed E-state index contributed by atoms with van der Waals surface area (Å²) in [5.74, 6) is 0.109. The number of aromatic hydroxyl groups is 1.